The molecule has 0 aliphatic heterocycles. The molecule has 2 rings (SSSR count). The lowest BCUT2D eigenvalue weighted by atomic mass is 10.2. The molecule has 0 saturated heterocycles. The molecule has 0 aliphatic carbocycles. The van der Waals surface area contributed by atoms with Gasteiger partial charge in [-0.3, -0.25) is 4.79 Å². The summed E-state index contributed by atoms with van der Waals surface area (Å²) in [5, 5.41) is 2.34. The Hall–Kier alpha value is -2.30. The average Bonchev–Trinajstić information content (AvgIpc) is 2.62. The Kier molecular flexibility index (Phi) is 6.58. The summed E-state index contributed by atoms with van der Waals surface area (Å²) < 4.78 is 64.3. The van der Waals surface area contributed by atoms with E-state index in [-0.39, 0.29) is 28.6 Å². The minimum Gasteiger partial charge on any atom is -0.321 e. The van der Waals surface area contributed by atoms with E-state index in [1.807, 2.05) is 0 Å². The van der Waals surface area contributed by atoms with E-state index in [0.29, 0.717) is 0 Å². The fraction of sp³-hybridized carbons (Fsp3) is 0.278. The summed E-state index contributed by atoms with van der Waals surface area (Å²) in [6.45, 7) is 3.78. The molecule has 0 saturated carbocycles. The smallest absolute Gasteiger partial charge is 0.258 e. The average molecular weight is 429 g/mol. The van der Waals surface area contributed by atoms with E-state index in [9.17, 15) is 26.0 Å². The van der Waals surface area contributed by atoms with Crippen LogP contribution in [0.15, 0.2) is 52.3 Å². The van der Waals surface area contributed by atoms with Gasteiger partial charge in [0.1, 0.15) is 5.82 Å². The Morgan fingerprint density at radius 2 is 1.64 bits per heavy atom. The van der Waals surface area contributed by atoms with Crippen LogP contribution < -0.4 is 5.32 Å². The second kappa shape index (κ2) is 8.38. The monoisotopic (exact) mass is 428 g/mol. The van der Waals surface area contributed by atoms with Gasteiger partial charge in [-0.2, -0.15) is 4.31 Å². The summed E-state index contributed by atoms with van der Waals surface area (Å²) >= 11 is 0. The second-order valence-electron chi connectivity index (χ2n) is 5.95. The molecule has 0 atom stereocenters. The van der Waals surface area contributed by atoms with Crippen molar-refractivity contribution in [3.63, 3.8) is 0 Å². The van der Waals surface area contributed by atoms with Gasteiger partial charge in [0.25, 0.3) is 5.91 Å². The molecule has 0 spiro atoms. The third-order valence-electron chi connectivity index (χ3n) is 4.06. The number of sulfone groups is 1. The van der Waals surface area contributed by atoms with Crippen molar-refractivity contribution < 1.29 is 26.0 Å². The van der Waals surface area contributed by atoms with Crippen LogP contribution in [-0.2, 0) is 19.9 Å². The highest BCUT2D eigenvalue weighted by Gasteiger charge is 2.25. The molecule has 0 aromatic heterocycles. The maximum absolute atomic E-state index is 14.2. The zero-order valence-corrected chi connectivity index (χ0v) is 17.3. The maximum atomic E-state index is 14.2. The quantitative estimate of drug-likeness (QED) is 0.730. The minimum absolute atomic E-state index is 0.0218. The molecule has 0 unspecified atom stereocenters. The molecule has 1 amide bonds. The molecule has 7 nitrogen and oxygen atoms in total. The number of rotatable bonds is 7. The third kappa shape index (κ3) is 4.57. The number of halogens is 1. The number of hydrogen-bond acceptors (Lipinski definition) is 5. The molecule has 10 heteroatoms. The largest absolute Gasteiger partial charge is 0.321 e. The molecule has 0 radical (unpaired) electrons. The number of sulfonamides is 1. The first kappa shape index (κ1) is 22.0. The van der Waals surface area contributed by atoms with Crippen LogP contribution >= 0.6 is 0 Å². The molecule has 0 bridgehead atoms. The van der Waals surface area contributed by atoms with Crippen molar-refractivity contribution in [3.05, 3.63) is 53.8 Å². The van der Waals surface area contributed by atoms with Crippen LogP contribution in [0.25, 0.3) is 0 Å². The predicted molar refractivity (Wildman–Crippen MR) is 104 cm³/mol. The number of anilines is 1. The highest BCUT2D eigenvalue weighted by atomic mass is 32.2. The van der Waals surface area contributed by atoms with Gasteiger partial charge in [0.05, 0.1) is 21.0 Å². The number of carbonyl (C=O) groups is 1. The van der Waals surface area contributed by atoms with E-state index in [1.165, 1.54) is 28.6 Å². The van der Waals surface area contributed by atoms with Crippen molar-refractivity contribution in [2.45, 2.75) is 23.6 Å². The number of para-hydroxylation sites is 1. The van der Waals surface area contributed by atoms with Gasteiger partial charge in [-0.15, -0.1) is 0 Å². The number of benzene rings is 2. The molecule has 152 valence electrons. The lowest BCUT2D eigenvalue weighted by Gasteiger charge is -2.19. The summed E-state index contributed by atoms with van der Waals surface area (Å²) in [5.74, 6) is -1.88. The van der Waals surface area contributed by atoms with E-state index >= 15 is 0 Å². The van der Waals surface area contributed by atoms with Gasteiger partial charge in [-0.25, -0.2) is 21.2 Å². The molecule has 28 heavy (non-hydrogen) atoms. The van der Waals surface area contributed by atoms with E-state index in [2.05, 4.69) is 5.32 Å². The van der Waals surface area contributed by atoms with Crippen LogP contribution in [0.2, 0.25) is 0 Å². The van der Waals surface area contributed by atoms with Crippen molar-refractivity contribution in [3.8, 4) is 0 Å². The van der Waals surface area contributed by atoms with Gasteiger partial charge in [-0.05, 0) is 30.3 Å². The highest BCUT2D eigenvalue weighted by molar-refractivity contribution is 7.91. The van der Waals surface area contributed by atoms with Crippen molar-refractivity contribution in [2.24, 2.45) is 0 Å². The van der Waals surface area contributed by atoms with Crippen LogP contribution in [0.3, 0.4) is 0 Å². The molecule has 2 aromatic rings. The Bertz CT molecular complexity index is 1090. The summed E-state index contributed by atoms with van der Waals surface area (Å²) in [5.41, 5.74) is -0.525. The number of amides is 1. The molecule has 1 N–H and O–H groups in total. The number of hydrogen-bond donors (Lipinski definition) is 1. The number of nitrogens with one attached hydrogen (secondary N) is 1. The molecule has 0 heterocycles. The summed E-state index contributed by atoms with van der Waals surface area (Å²) in [6.07, 6.45) is 0.982. The van der Waals surface area contributed by atoms with E-state index in [4.69, 9.17) is 0 Å². The van der Waals surface area contributed by atoms with E-state index in [0.717, 1.165) is 24.5 Å². The van der Waals surface area contributed by atoms with Crippen LogP contribution in [0, 0.1) is 5.82 Å². The lowest BCUT2D eigenvalue weighted by molar-refractivity contribution is 0.102. The van der Waals surface area contributed by atoms with Crippen molar-refractivity contribution in [1.82, 2.24) is 4.31 Å². The van der Waals surface area contributed by atoms with E-state index in [1.54, 1.807) is 13.8 Å². The first-order valence-electron chi connectivity index (χ1n) is 8.42. The zero-order chi connectivity index (χ0) is 21.1. The topological polar surface area (TPSA) is 101 Å². The first-order valence-corrected chi connectivity index (χ1v) is 11.8. The molecule has 2 aromatic carbocycles. The van der Waals surface area contributed by atoms with Crippen molar-refractivity contribution in [2.75, 3.05) is 24.7 Å². The van der Waals surface area contributed by atoms with Gasteiger partial charge >= 0.3 is 0 Å². The molecule has 0 fully saturated rings. The Morgan fingerprint density at radius 3 is 2.21 bits per heavy atom. The fourth-order valence-electron chi connectivity index (χ4n) is 2.63. The van der Waals surface area contributed by atoms with Crippen molar-refractivity contribution in [1.29, 1.82) is 0 Å². The highest BCUT2D eigenvalue weighted by Crippen LogP contribution is 2.23. The third-order valence-corrected chi connectivity index (χ3v) is 7.26. The molecular formula is C18H21FN2O5S2. The predicted octanol–water partition coefficient (Wildman–Crippen LogP) is 2.51. The zero-order valence-electron chi connectivity index (χ0n) is 15.6. The van der Waals surface area contributed by atoms with Crippen LogP contribution in [0.5, 0.6) is 0 Å². The normalized spacial score (nSPS) is 12.2. The maximum Gasteiger partial charge on any atom is 0.258 e. The van der Waals surface area contributed by atoms with Gasteiger partial charge in [0.15, 0.2) is 9.84 Å². The van der Waals surface area contributed by atoms with Gasteiger partial charge in [0, 0.05) is 19.3 Å². The van der Waals surface area contributed by atoms with Gasteiger partial charge in [-0.1, -0.05) is 26.0 Å². The van der Waals surface area contributed by atoms with Gasteiger partial charge < -0.3 is 5.32 Å². The Labute approximate surface area is 164 Å². The summed E-state index contributed by atoms with van der Waals surface area (Å²) in [7, 11) is -7.52. The number of carbonyl (C=O) groups excluding carboxylic acids is 1. The number of nitrogens with zero attached hydrogens (tertiary/aromatic N) is 1. The standard InChI is InChI=1S/C18H21FN2O5S2/c1-4-21(5-2)28(25,26)13-10-11-15(19)14(12-13)18(22)20-16-8-6-7-9-17(16)27(3,23)24/h6-12H,4-5H2,1-3H3,(H,20,22). The summed E-state index contributed by atoms with van der Waals surface area (Å²) in [6, 6.07) is 8.61. The molecule has 0 aliphatic rings. The van der Waals surface area contributed by atoms with Crippen LogP contribution in [0.1, 0.15) is 24.2 Å². The Balaban J connectivity index is 2.46. The minimum atomic E-state index is -3.89. The molecular weight excluding hydrogens is 407 g/mol. The van der Waals surface area contributed by atoms with E-state index < -0.39 is 37.1 Å². The Morgan fingerprint density at radius 1 is 1.04 bits per heavy atom. The SMILES string of the molecule is CCN(CC)S(=O)(=O)c1ccc(F)c(C(=O)Nc2ccccc2S(C)(=O)=O)c1. The lowest BCUT2D eigenvalue weighted by Crippen LogP contribution is -2.31. The summed E-state index contributed by atoms with van der Waals surface area (Å²) in [4.78, 5) is 12.2. The van der Waals surface area contributed by atoms with Crippen molar-refractivity contribution >= 4 is 31.5 Å². The second-order valence-corrected chi connectivity index (χ2v) is 9.88. The fourth-order valence-corrected chi connectivity index (χ4v) is 4.96. The van der Waals surface area contributed by atoms with Gasteiger partial charge in [0.2, 0.25) is 10.0 Å². The first-order chi connectivity index (χ1) is 13.0. The van der Waals surface area contributed by atoms with Crippen LogP contribution in [0.4, 0.5) is 10.1 Å². The van der Waals surface area contributed by atoms with Crippen LogP contribution in [-0.4, -0.2) is 46.4 Å².